The van der Waals surface area contributed by atoms with Gasteiger partial charge < -0.3 is 25.0 Å². The maximum Gasteiger partial charge on any atom is 0.243 e. The smallest absolute Gasteiger partial charge is 0.243 e. The number of carbonyl (C=O) groups excluding carboxylic acids is 1. The largest absolute Gasteiger partial charge is 0.497 e. The second kappa shape index (κ2) is 14.3. The van der Waals surface area contributed by atoms with E-state index >= 15 is 0 Å². The molecule has 0 radical (unpaired) electrons. The number of hydrogen-bond acceptors (Lipinski definition) is 8. The summed E-state index contributed by atoms with van der Waals surface area (Å²) in [7, 11) is -2.39. The highest BCUT2D eigenvalue weighted by molar-refractivity contribution is 7.89. The van der Waals surface area contributed by atoms with E-state index in [1.165, 1.54) is 23.5 Å². The molecule has 0 bridgehead atoms. The number of aromatic nitrogens is 1. The molecule has 3 aromatic carbocycles. The van der Waals surface area contributed by atoms with Crippen LogP contribution in [0.5, 0.6) is 5.75 Å². The molecule has 0 atom stereocenters. The molecule has 44 heavy (non-hydrogen) atoms. The molecule has 12 heteroatoms. The average Bonchev–Trinajstić information content (AvgIpc) is 3.03. The highest BCUT2D eigenvalue weighted by Gasteiger charge is 2.25. The lowest BCUT2D eigenvalue weighted by Crippen LogP contribution is -2.37. The highest BCUT2D eigenvalue weighted by Crippen LogP contribution is 2.27. The number of nitrogens with zero attached hydrogens (tertiary/aromatic N) is 3. The number of pyridine rings is 1. The minimum atomic E-state index is -3.92. The van der Waals surface area contributed by atoms with E-state index in [-0.39, 0.29) is 30.3 Å². The zero-order valence-electron chi connectivity index (χ0n) is 24.8. The predicted octanol–water partition coefficient (Wildman–Crippen LogP) is 5.17. The number of morpholine rings is 1. The molecule has 0 unspecified atom stereocenters. The summed E-state index contributed by atoms with van der Waals surface area (Å²) in [6.07, 6.45) is -0.0203. The van der Waals surface area contributed by atoms with Crippen LogP contribution in [0.2, 0.25) is 5.02 Å². The van der Waals surface area contributed by atoms with Crippen molar-refractivity contribution in [3.8, 4) is 5.75 Å². The lowest BCUT2D eigenvalue weighted by atomic mass is 10.1. The van der Waals surface area contributed by atoms with Gasteiger partial charge in [0.25, 0.3) is 0 Å². The van der Waals surface area contributed by atoms with Crippen molar-refractivity contribution in [2.45, 2.75) is 18.2 Å². The number of methoxy groups -OCH3 is 1. The third kappa shape index (κ3) is 7.78. The first-order chi connectivity index (χ1) is 21.2. The number of rotatable bonds is 12. The Morgan fingerprint density at radius 2 is 1.75 bits per heavy atom. The first-order valence-corrected chi connectivity index (χ1v) is 16.2. The van der Waals surface area contributed by atoms with E-state index in [4.69, 9.17) is 21.1 Å². The van der Waals surface area contributed by atoms with E-state index in [9.17, 15) is 13.2 Å². The number of benzene rings is 3. The Morgan fingerprint density at radius 1 is 1.02 bits per heavy atom. The van der Waals surface area contributed by atoms with Gasteiger partial charge in [-0.1, -0.05) is 11.6 Å². The van der Waals surface area contributed by atoms with Crippen molar-refractivity contribution < 1.29 is 22.7 Å². The molecule has 5 rings (SSSR count). The second-order valence-corrected chi connectivity index (χ2v) is 12.8. The third-order valence-corrected chi connectivity index (χ3v) is 9.54. The summed E-state index contributed by atoms with van der Waals surface area (Å²) in [4.78, 5) is 19.9. The maximum absolute atomic E-state index is 13.7. The van der Waals surface area contributed by atoms with Gasteiger partial charge in [-0.15, -0.1) is 0 Å². The monoisotopic (exact) mass is 637 g/mol. The van der Waals surface area contributed by atoms with Gasteiger partial charge in [-0.2, -0.15) is 4.31 Å². The van der Waals surface area contributed by atoms with Gasteiger partial charge in [0.15, 0.2) is 0 Å². The molecule has 0 spiro atoms. The van der Waals surface area contributed by atoms with E-state index in [1.807, 2.05) is 49.4 Å². The topological polar surface area (TPSA) is 113 Å². The van der Waals surface area contributed by atoms with Crippen LogP contribution in [0.3, 0.4) is 0 Å². The summed E-state index contributed by atoms with van der Waals surface area (Å²) in [5.74, 6) is 0.271. The molecular weight excluding hydrogens is 602 g/mol. The Bertz CT molecular complexity index is 1700. The van der Waals surface area contributed by atoms with Crippen molar-refractivity contribution in [3.05, 3.63) is 83.5 Å². The van der Waals surface area contributed by atoms with E-state index in [0.717, 1.165) is 41.1 Å². The van der Waals surface area contributed by atoms with Crippen LogP contribution in [0.25, 0.3) is 10.9 Å². The van der Waals surface area contributed by atoms with Crippen LogP contribution < -0.4 is 20.3 Å². The highest BCUT2D eigenvalue weighted by atomic mass is 35.5. The number of aryl methyl sites for hydroxylation is 1. The molecule has 2 heterocycles. The maximum atomic E-state index is 13.7. The van der Waals surface area contributed by atoms with E-state index in [0.29, 0.717) is 36.2 Å². The third-order valence-electron chi connectivity index (χ3n) is 7.39. The van der Waals surface area contributed by atoms with E-state index < -0.39 is 10.0 Å². The number of hydrogen-bond donors (Lipinski definition) is 2. The normalized spacial score (nSPS) is 13.7. The lowest BCUT2D eigenvalue weighted by Gasteiger charge is -2.28. The Labute approximate surface area is 263 Å². The molecule has 232 valence electrons. The summed E-state index contributed by atoms with van der Waals surface area (Å²) >= 11 is 6.24. The fourth-order valence-electron chi connectivity index (χ4n) is 5.07. The van der Waals surface area contributed by atoms with Crippen LogP contribution in [0.1, 0.15) is 12.1 Å². The number of nitrogens with one attached hydrogen (secondary N) is 2. The van der Waals surface area contributed by atoms with Gasteiger partial charge in [-0.05, 0) is 79.7 Å². The van der Waals surface area contributed by atoms with E-state index in [1.54, 1.807) is 18.2 Å². The molecule has 1 saturated heterocycles. The predicted molar refractivity (Wildman–Crippen MR) is 174 cm³/mol. The van der Waals surface area contributed by atoms with Gasteiger partial charge in [0.2, 0.25) is 15.9 Å². The minimum absolute atomic E-state index is 0.00428. The lowest BCUT2D eigenvalue weighted by molar-refractivity contribution is -0.116. The average molecular weight is 638 g/mol. The van der Waals surface area contributed by atoms with E-state index in [2.05, 4.69) is 20.5 Å². The molecular formula is C32H36ClN5O5S. The Morgan fingerprint density at radius 3 is 2.45 bits per heavy atom. The van der Waals surface area contributed by atoms with Crippen molar-refractivity contribution in [1.29, 1.82) is 0 Å². The summed E-state index contributed by atoms with van der Waals surface area (Å²) in [5.41, 5.74) is 4.12. The minimum Gasteiger partial charge on any atom is -0.497 e. The molecule has 0 aliphatic carbocycles. The molecule has 1 aliphatic rings. The van der Waals surface area contributed by atoms with Crippen LogP contribution in [-0.4, -0.2) is 76.7 Å². The van der Waals surface area contributed by atoms with Crippen LogP contribution in [0.15, 0.2) is 77.7 Å². The molecule has 1 amide bonds. The number of ether oxygens (including phenoxy) is 2. The summed E-state index contributed by atoms with van der Waals surface area (Å²) in [6, 6.07) is 21.2. The number of amides is 1. The standard InChI is InChI=1S/C32H36ClN5O5S/c1-23-21-31(29-22-24(33)3-12-30(29)35-23)34-14-16-38(44(40,41)28-10-8-27(42-2)9-11-28)15-13-32(39)36-25-4-6-26(7-5-25)37-17-19-43-20-18-37/h3-12,21-22H,13-20H2,1-2H3,(H,34,35)(H,36,39). The van der Waals surface area contributed by atoms with Gasteiger partial charge in [0.05, 0.1) is 30.7 Å². The summed E-state index contributed by atoms with van der Waals surface area (Å²) < 4.78 is 39.4. The van der Waals surface area contributed by atoms with Crippen LogP contribution in [0, 0.1) is 6.92 Å². The van der Waals surface area contributed by atoms with Crippen molar-refractivity contribution in [1.82, 2.24) is 9.29 Å². The number of fused-ring (bicyclic) bond motifs is 1. The van der Waals surface area contributed by atoms with Gasteiger partial charge >= 0.3 is 0 Å². The molecule has 2 N–H and O–H groups in total. The molecule has 10 nitrogen and oxygen atoms in total. The van der Waals surface area contributed by atoms with Gasteiger partial charge in [-0.25, -0.2) is 8.42 Å². The quantitative estimate of drug-likeness (QED) is 0.219. The van der Waals surface area contributed by atoms with Gasteiger partial charge in [0.1, 0.15) is 5.75 Å². The Hall–Kier alpha value is -3.90. The second-order valence-electron chi connectivity index (χ2n) is 10.4. The fourth-order valence-corrected chi connectivity index (χ4v) is 6.68. The summed E-state index contributed by atoms with van der Waals surface area (Å²) in [5, 5.41) is 7.66. The molecule has 1 aliphatic heterocycles. The van der Waals surface area contributed by atoms with Gasteiger partial charge in [0, 0.05) is 72.3 Å². The number of anilines is 3. The first kappa shape index (κ1) is 31.5. The van der Waals surface area contributed by atoms with Crippen molar-refractivity contribution in [2.24, 2.45) is 0 Å². The van der Waals surface area contributed by atoms with Gasteiger partial charge in [-0.3, -0.25) is 9.78 Å². The van der Waals surface area contributed by atoms with Crippen LogP contribution in [-0.2, 0) is 19.6 Å². The summed E-state index contributed by atoms with van der Waals surface area (Å²) in [6.45, 7) is 5.34. The molecule has 4 aromatic rings. The Kier molecular flexibility index (Phi) is 10.2. The van der Waals surface area contributed by atoms with Crippen molar-refractivity contribution >= 4 is 55.5 Å². The first-order valence-electron chi connectivity index (χ1n) is 14.4. The van der Waals surface area contributed by atoms with Crippen molar-refractivity contribution in [3.63, 3.8) is 0 Å². The Balaban J connectivity index is 1.27. The number of sulfonamides is 1. The number of halogens is 1. The zero-order chi connectivity index (χ0) is 31.1. The van der Waals surface area contributed by atoms with Crippen LogP contribution >= 0.6 is 11.6 Å². The molecule has 0 saturated carbocycles. The SMILES string of the molecule is COc1ccc(S(=O)(=O)N(CCNc2cc(C)nc3ccc(Cl)cc23)CCC(=O)Nc2ccc(N3CCOCC3)cc2)cc1. The number of carbonyl (C=O) groups is 1. The zero-order valence-corrected chi connectivity index (χ0v) is 26.3. The molecule has 1 fully saturated rings. The fraction of sp³-hybridized carbons (Fsp3) is 0.312. The molecule has 1 aromatic heterocycles. The van der Waals surface area contributed by atoms with Crippen LogP contribution in [0.4, 0.5) is 17.1 Å². The van der Waals surface area contributed by atoms with Crippen molar-refractivity contribution in [2.75, 3.05) is 68.6 Å².